The molecule has 0 unspecified atom stereocenters. The highest BCUT2D eigenvalue weighted by molar-refractivity contribution is 5.95. The van der Waals surface area contributed by atoms with E-state index in [9.17, 15) is 14.0 Å². The minimum Gasteiger partial charge on any atom is -0.352 e. The Bertz CT molecular complexity index is 1060. The largest absolute Gasteiger partial charge is 0.352 e. The SMILES string of the molecule is O=C(Cc1ccc(N(Cc2ccccc2)C(=O)C2CCCC2)cc1)NCc1ccc(F)cc1. The summed E-state index contributed by atoms with van der Waals surface area (Å²) in [5.74, 6) is -0.125. The summed E-state index contributed by atoms with van der Waals surface area (Å²) in [5.41, 5.74) is 3.67. The molecule has 2 amide bonds. The van der Waals surface area contributed by atoms with E-state index < -0.39 is 0 Å². The van der Waals surface area contributed by atoms with Crippen molar-refractivity contribution in [2.45, 2.75) is 45.2 Å². The summed E-state index contributed by atoms with van der Waals surface area (Å²) in [5, 5.41) is 2.87. The molecule has 3 aromatic carbocycles. The Morgan fingerprint density at radius 2 is 1.45 bits per heavy atom. The molecule has 170 valence electrons. The van der Waals surface area contributed by atoms with E-state index in [1.807, 2.05) is 59.5 Å². The number of nitrogens with one attached hydrogen (secondary N) is 1. The van der Waals surface area contributed by atoms with Gasteiger partial charge in [-0.2, -0.15) is 0 Å². The second-order valence-electron chi connectivity index (χ2n) is 8.64. The van der Waals surface area contributed by atoms with Crippen LogP contribution < -0.4 is 10.2 Å². The lowest BCUT2D eigenvalue weighted by molar-refractivity contribution is -0.122. The maximum atomic E-state index is 13.3. The van der Waals surface area contributed by atoms with E-state index in [0.29, 0.717) is 13.1 Å². The second-order valence-corrected chi connectivity index (χ2v) is 8.64. The van der Waals surface area contributed by atoms with Crippen LogP contribution in [0.2, 0.25) is 0 Å². The molecule has 1 N–H and O–H groups in total. The third-order valence-corrected chi connectivity index (χ3v) is 6.17. The van der Waals surface area contributed by atoms with E-state index in [-0.39, 0.29) is 30.0 Å². The fourth-order valence-electron chi connectivity index (χ4n) is 4.30. The Hall–Kier alpha value is -3.47. The van der Waals surface area contributed by atoms with Crippen molar-refractivity contribution in [2.75, 3.05) is 4.90 Å². The first-order valence-corrected chi connectivity index (χ1v) is 11.5. The summed E-state index contributed by atoms with van der Waals surface area (Å²) in [6, 6.07) is 23.8. The van der Waals surface area contributed by atoms with Crippen LogP contribution in [0.3, 0.4) is 0 Å². The lowest BCUT2D eigenvalue weighted by Gasteiger charge is -2.26. The minimum absolute atomic E-state index is 0.0885. The first-order valence-electron chi connectivity index (χ1n) is 11.5. The predicted octanol–water partition coefficient (Wildman–Crippen LogP) is 5.41. The maximum absolute atomic E-state index is 13.3. The molecule has 0 atom stereocenters. The third kappa shape index (κ3) is 6.28. The van der Waals surface area contributed by atoms with E-state index in [4.69, 9.17) is 0 Å². The molecule has 0 radical (unpaired) electrons. The average Bonchev–Trinajstić information content (AvgIpc) is 3.38. The van der Waals surface area contributed by atoms with E-state index in [1.165, 1.54) is 12.1 Å². The predicted molar refractivity (Wildman–Crippen MR) is 128 cm³/mol. The molecule has 3 aromatic rings. The van der Waals surface area contributed by atoms with Crippen molar-refractivity contribution in [3.8, 4) is 0 Å². The summed E-state index contributed by atoms with van der Waals surface area (Å²) in [4.78, 5) is 27.5. The Kier molecular flexibility index (Phi) is 7.51. The van der Waals surface area contributed by atoms with Crippen LogP contribution in [0.4, 0.5) is 10.1 Å². The normalized spacial score (nSPS) is 13.6. The van der Waals surface area contributed by atoms with Gasteiger partial charge in [-0.25, -0.2) is 4.39 Å². The van der Waals surface area contributed by atoms with E-state index in [1.54, 1.807) is 12.1 Å². The number of hydrogen-bond donors (Lipinski definition) is 1. The number of amides is 2. The monoisotopic (exact) mass is 444 g/mol. The van der Waals surface area contributed by atoms with Gasteiger partial charge >= 0.3 is 0 Å². The molecule has 5 heteroatoms. The number of anilines is 1. The quantitative estimate of drug-likeness (QED) is 0.505. The number of carbonyl (C=O) groups excluding carboxylic acids is 2. The van der Waals surface area contributed by atoms with Gasteiger partial charge in [0.05, 0.1) is 13.0 Å². The lowest BCUT2D eigenvalue weighted by atomic mass is 10.0. The second kappa shape index (κ2) is 10.9. The van der Waals surface area contributed by atoms with Crippen molar-refractivity contribution >= 4 is 17.5 Å². The number of hydrogen-bond acceptors (Lipinski definition) is 2. The zero-order valence-electron chi connectivity index (χ0n) is 18.7. The van der Waals surface area contributed by atoms with Crippen LogP contribution in [0.25, 0.3) is 0 Å². The van der Waals surface area contributed by atoms with Gasteiger partial charge in [-0.05, 0) is 53.8 Å². The molecule has 0 spiro atoms. The minimum atomic E-state index is -0.294. The van der Waals surface area contributed by atoms with Crippen molar-refractivity contribution < 1.29 is 14.0 Å². The number of nitrogens with zero attached hydrogens (tertiary/aromatic N) is 1. The molecule has 1 saturated carbocycles. The Morgan fingerprint density at radius 3 is 2.12 bits per heavy atom. The Morgan fingerprint density at radius 1 is 0.818 bits per heavy atom. The van der Waals surface area contributed by atoms with Crippen LogP contribution in [0.5, 0.6) is 0 Å². The molecule has 1 aliphatic carbocycles. The van der Waals surface area contributed by atoms with Gasteiger partial charge < -0.3 is 10.2 Å². The van der Waals surface area contributed by atoms with Crippen molar-refractivity contribution in [1.29, 1.82) is 0 Å². The average molecular weight is 445 g/mol. The van der Waals surface area contributed by atoms with Crippen molar-refractivity contribution in [1.82, 2.24) is 5.32 Å². The topological polar surface area (TPSA) is 49.4 Å². The van der Waals surface area contributed by atoms with Crippen LogP contribution in [0.15, 0.2) is 78.9 Å². The molecule has 0 aromatic heterocycles. The number of carbonyl (C=O) groups is 2. The summed E-state index contributed by atoms with van der Waals surface area (Å²) in [6.45, 7) is 0.894. The molecule has 33 heavy (non-hydrogen) atoms. The van der Waals surface area contributed by atoms with Gasteiger partial charge in [0.2, 0.25) is 11.8 Å². The molecule has 0 heterocycles. The van der Waals surface area contributed by atoms with Gasteiger partial charge in [0.15, 0.2) is 0 Å². The summed E-state index contributed by atoms with van der Waals surface area (Å²) in [7, 11) is 0. The first kappa shape index (κ1) is 22.7. The van der Waals surface area contributed by atoms with Crippen LogP contribution in [-0.2, 0) is 29.1 Å². The van der Waals surface area contributed by atoms with Gasteiger partial charge in [-0.15, -0.1) is 0 Å². The molecular formula is C28H29FN2O2. The number of benzene rings is 3. The molecule has 1 aliphatic rings. The molecule has 0 saturated heterocycles. The lowest BCUT2D eigenvalue weighted by Crippen LogP contribution is -2.35. The summed E-state index contributed by atoms with van der Waals surface area (Å²) in [6.07, 6.45) is 4.38. The highest BCUT2D eigenvalue weighted by Crippen LogP contribution is 2.30. The van der Waals surface area contributed by atoms with E-state index in [0.717, 1.165) is 48.1 Å². The standard InChI is InChI=1S/C28H29FN2O2/c29-25-14-10-22(11-15-25)19-30-27(32)18-21-12-16-26(17-13-21)31(20-23-6-2-1-3-7-23)28(33)24-8-4-5-9-24/h1-3,6-7,10-17,24H,4-5,8-9,18-20H2,(H,30,32). The molecular weight excluding hydrogens is 415 g/mol. The number of halogens is 1. The molecule has 4 rings (SSSR count). The highest BCUT2D eigenvalue weighted by atomic mass is 19.1. The first-order chi connectivity index (χ1) is 16.1. The molecule has 1 fully saturated rings. The zero-order valence-corrected chi connectivity index (χ0v) is 18.7. The third-order valence-electron chi connectivity index (χ3n) is 6.17. The molecule has 0 aliphatic heterocycles. The van der Waals surface area contributed by atoms with E-state index >= 15 is 0 Å². The van der Waals surface area contributed by atoms with Crippen molar-refractivity contribution in [3.05, 3.63) is 101 Å². The molecule has 0 bridgehead atoms. The van der Waals surface area contributed by atoms with Crippen LogP contribution in [-0.4, -0.2) is 11.8 Å². The van der Waals surface area contributed by atoms with Crippen LogP contribution in [0.1, 0.15) is 42.4 Å². The van der Waals surface area contributed by atoms with Gasteiger partial charge in [0.25, 0.3) is 0 Å². The van der Waals surface area contributed by atoms with Crippen LogP contribution >= 0.6 is 0 Å². The zero-order chi connectivity index (χ0) is 23.0. The molecule has 4 nitrogen and oxygen atoms in total. The Labute approximate surface area is 194 Å². The maximum Gasteiger partial charge on any atom is 0.230 e. The fourth-order valence-corrected chi connectivity index (χ4v) is 4.30. The smallest absolute Gasteiger partial charge is 0.230 e. The fraction of sp³-hybridized carbons (Fsp3) is 0.286. The van der Waals surface area contributed by atoms with E-state index in [2.05, 4.69) is 5.32 Å². The highest BCUT2D eigenvalue weighted by Gasteiger charge is 2.28. The summed E-state index contributed by atoms with van der Waals surface area (Å²) < 4.78 is 13.0. The van der Waals surface area contributed by atoms with Gasteiger partial charge in [-0.1, -0.05) is 67.4 Å². The van der Waals surface area contributed by atoms with Gasteiger partial charge in [0, 0.05) is 18.2 Å². The number of rotatable bonds is 8. The van der Waals surface area contributed by atoms with Crippen LogP contribution in [0, 0.1) is 11.7 Å². The van der Waals surface area contributed by atoms with Gasteiger partial charge in [0.1, 0.15) is 5.82 Å². The summed E-state index contributed by atoms with van der Waals surface area (Å²) >= 11 is 0. The van der Waals surface area contributed by atoms with Gasteiger partial charge in [-0.3, -0.25) is 9.59 Å². The van der Waals surface area contributed by atoms with Crippen molar-refractivity contribution in [3.63, 3.8) is 0 Å². The Balaban J connectivity index is 1.41. The van der Waals surface area contributed by atoms with Crippen molar-refractivity contribution in [2.24, 2.45) is 5.92 Å².